The maximum Gasteiger partial charge on any atom is 0.326 e. The van der Waals surface area contributed by atoms with Crippen molar-refractivity contribution in [3.05, 3.63) is 40.9 Å². The number of carbonyl (C=O) groups is 2. The van der Waals surface area contributed by atoms with Crippen molar-refractivity contribution in [3.63, 3.8) is 0 Å². The van der Waals surface area contributed by atoms with Gasteiger partial charge in [-0.2, -0.15) is 0 Å². The first-order valence-electron chi connectivity index (χ1n) is 8.00. The minimum absolute atomic E-state index is 0.0279. The lowest BCUT2D eigenvalue weighted by molar-refractivity contribution is -0.148. The van der Waals surface area contributed by atoms with Gasteiger partial charge in [0.05, 0.1) is 23.3 Å². The molecular formula is C17H19N3O5. The number of carbonyl (C=O) groups excluding carboxylic acids is 1. The molecule has 1 aromatic carbocycles. The van der Waals surface area contributed by atoms with Crippen LogP contribution < -0.4 is 5.56 Å². The first-order valence-corrected chi connectivity index (χ1v) is 8.00. The highest BCUT2D eigenvalue weighted by Gasteiger charge is 2.39. The van der Waals surface area contributed by atoms with E-state index < -0.39 is 12.0 Å². The lowest BCUT2D eigenvalue weighted by Crippen LogP contribution is -2.41. The number of hydrogen-bond acceptors (Lipinski definition) is 5. The lowest BCUT2D eigenvalue weighted by Gasteiger charge is -2.21. The minimum atomic E-state index is -1.04. The molecule has 3 rings (SSSR count). The molecule has 2 aromatic rings. The van der Waals surface area contributed by atoms with Gasteiger partial charge in [0.25, 0.3) is 5.56 Å². The van der Waals surface area contributed by atoms with Gasteiger partial charge in [-0.15, -0.1) is 0 Å². The van der Waals surface area contributed by atoms with Crippen LogP contribution in [0.25, 0.3) is 10.9 Å². The Morgan fingerprint density at radius 2 is 2.12 bits per heavy atom. The van der Waals surface area contributed by atoms with Crippen LogP contribution in [0.15, 0.2) is 35.4 Å². The molecule has 25 heavy (non-hydrogen) atoms. The number of methoxy groups -OCH3 is 1. The normalized spacial score (nSPS) is 20.1. The summed E-state index contributed by atoms with van der Waals surface area (Å²) < 4.78 is 6.55. The van der Waals surface area contributed by atoms with Crippen LogP contribution in [0.2, 0.25) is 0 Å². The number of hydrogen-bond donors (Lipinski definition) is 1. The molecule has 2 unspecified atom stereocenters. The molecular weight excluding hydrogens is 326 g/mol. The maximum absolute atomic E-state index is 12.4. The first kappa shape index (κ1) is 17.1. The number of fused-ring (bicyclic) bond motifs is 1. The van der Waals surface area contributed by atoms with Gasteiger partial charge in [-0.05, 0) is 12.1 Å². The van der Waals surface area contributed by atoms with Gasteiger partial charge in [-0.3, -0.25) is 14.2 Å². The lowest BCUT2D eigenvalue weighted by atomic mass is 10.2. The maximum atomic E-state index is 12.4. The summed E-state index contributed by atoms with van der Waals surface area (Å²) in [5.74, 6) is -1.36. The summed E-state index contributed by atoms with van der Waals surface area (Å²) in [4.78, 5) is 41.7. The molecule has 1 aromatic heterocycles. The molecule has 8 nitrogen and oxygen atoms in total. The summed E-state index contributed by atoms with van der Waals surface area (Å²) in [5.41, 5.74) is 0.382. The third-order valence-corrected chi connectivity index (χ3v) is 4.50. The van der Waals surface area contributed by atoms with E-state index in [9.17, 15) is 19.5 Å². The molecule has 2 heterocycles. The Morgan fingerprint density at radius 1 is 1.36 bits per heavy atom. The molecule has 132 valence electrons. The van der Waals surface area contributed by atoms with Crippen LogP contribution in [0.5, 0.6) is 0 Å². The van der Waals surface area contributed by atoms with Crippen molar-refractivity contribution < 1.29 is 19.4 Å². The summed E-state index contributed by atoms with van der Waals surface area (Å²) in [7, 11) is 1.50. The predicted molar refractivity (Wildman–Crippen MR) is 89.2 cm³/mol. The van der Waals surface area contributed by atoms with E-state index in [1.807, 2.05) is 0 Å². The highest BCUT2D eigenvalue weighted by atomic mass is 16.5. The SMILES string of the molecule is COC1CC(C(=O)O)N(C(=O)CCn2cnc3ccccc3c2=O)C1. The average Bonchev–Trinajstić information content (AvgIpc) is 3.06. The molecule has 1 fully saturated rings. The fourth-order valence-corrected chi connectivity index (χ4v) is 3.10. The number of aromatic nitrogens is 2. The highest BCUT2D eigenvalue weighted by Crippen LogP contribution is 2.21. The summed E-state index contributed by atoms with van der Waals surface area (Å²) in [6, 6.07) is 6.11. The second kappa shape index (κ2) is 7.02. The van der Waals surface area contributed by atoms with Crippen molar-refractivity contribution in [2.75, 3.05) is 13.7 Å². The monoisotopic (exact) mass is 345 g/mol. The number of carboxylic acids is 1. The van der Waals surface area contributed by atoms with Crippen LogP contribution in [-0.2, 0) is 20.9 Å². The number of nitrogens with zero attached hydrogens (tertiary/aromatic N) is 3. The van der Waals surface area contributed by atoms with Crippen molar-refractivity contribution in [1.82, 2.24) is 14.5 Å². The number of carboxylic acid groups (broad SMARTS) is 1. The van der Waals surface area contributed by atoms with Crippen molar-refractivity contribution >= 4 is 22.8 Å². The van der Waals surface area contributed by atoms with Crippen molar-refractivity contribution in [2.45, 2.75) is 31.5 Å². The Hall–Kier alpha value is -2.74. The topological polar surface area (TPSA) is 102 Å². The number of likely N-dealkylation sites (tertiary alicyclic amines) is 1. The van der Waals surface area contributed by atoms with Crippen LogP contribution in [-0.4, -0.2) is 57.2 Å². The molecule has 1 aliphatic heterocycles. The van der Waals surface area contributed by atoms with Crippen LogP contribution in [0.1, 0.15) is 12.8 Å². The van der Waals surface area contributed by atoms with Crippen molar-refractivity contribution in [3.8, 4) is 0 Å². The number of benzene rings is 1. The third-order valence-electron chi connectivity index (χ3n) is 4.50. The van der Waals surface area contributed by atoms with Crippen LogP contribution in [0.3, 0.4) is 0 Å². The van der Waals surface area contributed by atoms with E-state index in [2.05, 4.69) is 4.98 Å². The Balaban J connectivity index is 1.73. The Kier molecular flexibility index (Phi) is 4.80. The van der Waals surface area contributed by atoms with Gasteiger partial charge in [-0.1, -0.05) is 12.1 Å². The van der Waals surface area contributed by atoms with E-state index in [1.165, 1.54) is 22.9 Å². The second-order valence-corrected chi connectivity index (χ2v) is 6.00. The average molecular weight is 345 g/mol. The van der Waals surface area contributed by atoms with Gasteiger partial charge in [0, 0.05) is 33.0 Å². The van der Waals surface area contributed by atoms with E-state index in [4.69, 9.17) is 4.74 Å². The van der Waals surface area contributed by atoms with Gasteiger partial charge in [0.2, 0.25) is 5.91 Å². The Morgan fingerprint density at radius 3 is 2.84 bits per heavy atom. The van der Waals surface area contributed by atoms with Crippen molar-refractivity contribution in [1.29, 1.82) is 0 Å². The smallest absolute Gasteiger partial charge is 0.326 e. The van der Waals surface area contributed by atoms with E-state index in [0.717, 1.165) is 0 Å². The molecule has 0 aliphatic carbocycles. The summed E-state index contributed by atoms with van der Waals surface area (Å²) >= 11 is 0. The zero-order valence-corrected chi connectivity index (χ0v) is 13.8. The van der Waals surface area contributed by atoms with Crippen LogP contribution in [0.4, 0.5) is 0 Å². The molecule has 8 heteroatoms. The number of para-hydroxylation sites is 1. The number of aryl methyl sites for hydroxylation is 1. The molecule has 0 radical (unpaired) electrons. The molecule has 1 N–H and O–H groups in total. The van der Waals surface area contributed by atoms with Crippen molar-refractivity contribution in [2.24, 2.45) is 0 Å². The van der Waals surface area contributed by atoms with E-state index in [-0.39, 0.29) is 43.5 Å². The zero-order chi connectivity index (χ0) is 18.0. The number of aliphatic carboxylic acids is 1. The molecule has 2 atom stereocenters. The van der Waals surface area contributed by atoms with Gasteiger partial charge < -0.3 is 14.7 Å². The predicted octanol–water partition coefficient (Wildman–Crippen LogP) is 0.487. The van der Waals surface area contributed by atoms with Crippen LogP contribution in [0, 0.1) is 0 Å². The first-order chi connectivity index (χ1) is 12.0. The number of ether oxygens (including phenoxy) is 1. The molecule has 0 saturated carbocycles. The molecule has 1 amide bonds. The zero-order valence-electron chi connectivity index (χ0n) is 13.8. The molecule has 0 spiro atoms. The van der Waals surface area contributed by atoms with Gasteiger partial charge in [-0.25, -0.2) is 9.78 Å². The fourth-order valence-electron chi connectivity index (χ4n) is 3.10. The molecule has 1 aliphatic rings. The van der Waals surface area contributed by atoms with Crippen LogP contribution >= 0.6 is 0 Å². The summed E-state index contributed by atoms with van der Waals surface area (Å²) in [6.45, 7) is 0.396. The highest BCUT2D eigenvalue weighted by molar-refractivity contribution is 5.84. The Bertz CT molecular complexity index is 863. The summed E-state index contributed by atoms with van der Waals surface area (Å²) in [6.07, 6.45) is 1.43. The minimum Gasteiger partial charge on any atom is -0.480 e. The van der Waals surface area contributed by atoms with Gasteiger partial charge in [0.1, 0.15) is 6.04 Å². The quantitative estimate of drug-likeness (QED) is 0.846. The van der Waals surface area contributed by atoms with Gasteiger partial charge in [0.15, 0.2) is 0 Å². The number of amides is 1. The molecule has 1 saturated heterocycles. The number of rotatable bonds is 5. The van der Waals surface area contributed by atoms with E-state index in [1.54, 1.807) is 24.3 Å². The summed E-state index contributed by atoms with van der Waals surface area (Å²) in [5, 5.41) is 9.77. The van der Waals surface area contributed by atoms with Gasteiger partial charge >= 0.3 is 5.97 Å². The standard InChI is InChI=1S/C17H19N3O5/c1-25-11-8-14(17(23)24)20(9-11)15(21)6-7-19-10-18-13-5-3-2-4-12(13)16(19)22/h2-5,10-11,14H,6-9H2,1H3,(H,23,24). The Labute approximate surface area is 143 Å². The fraction of sp³-hybridized carbons (Fsp3) is 0.412. The van der Waals surface area contributed by atoms with E-state index in [0.29, 0.717) is 10.9 Å². The molecule has 0 bridgehead atoms. The second-order valence-electron chi connectivity index (χ2n) is 6.00. The largest absolute Gasteiger partial charge is 0.480 e. The third kappa shape index (κ3) is 3.39. The van der Waals surface area contributed by atoms with E-state index >= 15 is 0 Å².